The first kappa shape index (κ1) is 15.2. The Morgan fingerprint density at radius 3 is 2.40 bits per heavy atom. The van der Waals surface area contributed by atoms with E-state index in [9.17, 15) is 4.39 Å². The van der Waals surface area contributed by atoms with E-state index in [4.69, 9.17) is 0 Å². The van der Waals surface area contributed by atoms with E-state index in [1.165, 1.54) is 11.1 Å². The summed E-state index contributed by atoms with van der Waals surface area (Å²) in [5.74, 6) is 0.191. The molecule has 0 saturated heterocycles. The Morgan fingerprint density at radius 2 is 1.85 bits per heavy atom. The molecule has 2 rings (SSSR count). The van der Waals surface area contributed by atoms with Crippen molar-refractivity contribution in [2.45, 2.75) is 38.6 Å². The molecule has 0 amide bonds. The zero-order chi connectivity index (χ0) is 14.6. The summed E-state index contributed by atoms with van der Waals surface area (Å²) in [4.78, 5) is 0. The summed E-state index contributed by atoms with van der Waals surface area (Å²) in [6.45, 7) is 7.39. The van der Waals surface area contributed by atoms with E-state index in [0.717, 1.165) is 13.0 Å². The average molecular weight is 291 g/mol. The van der Waals surface area contributed by atoms with E-state index in [2.05, 4.69) is 42.9 Å². The van der Waals surface area contributed by atoms with Crippen LogP contribution in [0.5, 0.6) is 0 Å². The molecule has 1 nitrogen and oxygen atoms in total. The molecule has 1 aromatic heterocycles. The van der Waals surface area contributed by atoms with Crippen molar-refractivity contribution >= 4 is 11.3 Å². The van der Waals surface area contributed by atoms with Gasteiger partial charge in [-0.1, -0.05) is 12.1 Å². The third-order valence-corrected chi connectivity index (χ3v) is 4.01. The van der Waals surface area contributed by atoms with E-state index in [-0.39, 0.29) is 11.4 Å². The van der Waals surface area contributed by atoms with Crippen LogP contribution in [0.15, 0.2) is 41.1 Å². The Kier molecular flexibility index (Phi) is 4.95. The highest BCUT2D eigenvalue weighted by Gasteiger charge is 2.16. The summed E-state index contributed by atoms with van der Waals surface area (Å²) < 4.78 is 13.1. The van der Waals surface area contributed by atoms with E-state index in [1.54, 1.807) is 23.5 Å². The minimum atomic E-state index is -0.174. The van der Waals surface area contributed by atoms with Crippen LogP contribution in [-0.4, -0.2) is 12.1 Å². The lowest BCUT2D eigenvalue weighted by atomic mass is 9.92. The Labute approximate surface area is 124 Å². The first-order valence-electron chi connectivity index (χ1n) is 6.95. The molecule has 2 aromatic rings. The molecule has 1 atom stereocenters. The average Bonchev–Trinajstić information content (AvgIpc) is 2.87. The van der Waals surface area contributed by atoms with E-state index >= 15 is 0 Å². The molecule has 1 heterocycles. The van der Waals surface area contributed by atoms with Gasteiger partial charge in [0.1, 0.15) is 5.82 Å². The van der Waals surface area contributed by atoms with Gasteiger partial charge < -0.3 is 5.32 Å². The van der Waals surface area contributed by atoms with Crippen LogP contribution >= 0.6 is 11.3 Å². The normalized spacial score (nSPS) is 13.4. The number of hydrogen-bond donors (Lipinski definition) is 1. The highest BCUT2D eigenvalue weighted by molar-refractivity contribution is 7.07. The van der Waals surface area contributed by atoms with Crippen LogP contribution < -0.4 is 5.32 Å². The van der Waals surface area contributed by atoms with Gasteiger partial charge in [-0.2, -0.15) is 11.3 Å². The summed E-state index contributed by atoms with van der Waals surface area (Å²) >= 11 is 1.72. The van der Waals surface area contributed by atoms with Crippen LogP contribution in [0.4, 0.5) is 4.39 Å². The summed E-state index contributed by atoms with van der Waals surface area (Å²) in [6.07, 6.45) is 0.984. The molecule has 0 radical (unpaired) electrons. The van der Waals surface area contributed by atoms with Crippen molar-refractivity contribution < 1.29 is 4.39 Å². The molecule has 0 saturated carbocycles. The summed E-state index contributed by atoms with van der Waals surface area (Å²) in [7, 11) is 0. The van der Waals surface area contributed by atoms with Gasteiger partial charge in [0.2, 0.25) is 0 Å². The van der Waals surface area contributed by atoms with Crippen molar-refractivity contribution in [2.75, 3.05) is 6.54 Å². The molecule has 0 aliphatic carbocycles. The van der Waals surface area contributed by atoms with Gasteiger partial charge in [-0.15, -0.1) is 0 Å². The van der Waals surface area contributed by atoms with Gasteiger partial charge in [-0.3, -0.25) is 0 Å². The second-order valence-corrected chi connectivity index (χ2v) is 7.00. The van der Waals surface area contributed by atoms with Gasteiger partial charge in [0.05, 0.1) is 0 Å². The monoisotopic (exact) mass is 291 g/mol. The van der Waals surface area contributed by atoms with Crippen molar-refractivity contribution in [3.05, 3.63) is 58.0 Å². The minimum Gasteiger partial charge on any atom is -0.311 e. The Hall–Kier alpha value is -1.19. The van der Waals surface area contributed by atoms with Crippen LogP contribution in [0.3, 0.4) is 0 Å². The fraction of sp³-hybridized carbons (Fsp3) is 0.412. The first-order valence-corrected chi connectivity index (χ1v) is 7.90. The smallest absolute Gasteiger partial charge is 0.123 e. The molecule has 108 valence electrons. The fourth-order valence-corrected chi connectivity index (χ4v) is 2.85. The van der Waals surface area contributed by atoms with Gasteiger partial charge in [-0.05, 0) is 67.3 Å². The predicted octanol–water partition coefficient (Wildman–Crippen LogP) is 4.60. The number of rotatable bonds is 5. The van der Waals surface area contributed by atoms with Crippen LogP contribution in [0, 0.1) is 5.82 Å². The van der Waals surface area contributed by atoms with E-state index in [1.807, 2.05) is 12.1 Å². The second-order valence-electron chi connectivity index (χ2n) is 6.22. The molecular formula is C17H22FNS. The number of nitrogens with one attached hydrogen (secondary N) is 1. The van der Waals surface area contributed by atoms with Gasteiger partial charge in [0.25, 0.3) is 0 Å². The Bertz CT molecular complexity index is 511. The standard InChI is InChI=1S/C17H22FNS/c1-17(2,3)19-11-15(10-13-8-9-20-12-13)14-4-6-16(18)7-5-14/h4-9,12,15,19H,10-11H2,1-3H3. The van der Waals surface area contributed by atoms with Crippen molar-refractivity contribution in [2.24, 2.45) is 0 Å². The summed E-state index contributed by atoms with van der Waals surface area (Å²) in [5.41, 5.74) is 2.63. The maximum Gasteiger partial charge on any atom is 0.123 e. The first-order chi connectivity index (χ1) is 9.44. The minimum absolute atomic E-state index is 0.0902. The summed E-state index contributed by atoms with van der Waals surface area (Å²) in [6, 6.07) is 9.06. The molecule has 3 heteroatoms. The molecule has 0 spiro atoms. The third-order valence-electron chi connectivity index (χ3n) is 3.28. The molecule has 20 heavy (non-hydrogen) atoms. The largest absolute Gasteiger partial charge is 0.311 e. The molecule has 0 fully saturated rings. The molecule has 0 bridgehead atoms. The van der Waals surface area contributed by atoms with Gasteiger partial charge in [0.15, 0.2) is 0 Å². The number of halogens is 1. The molecular weight excluding hydrogens is 269 g/mol. The van der Waals surface area contributed by atoms with E-state index in [0.29, 0.717) is 5.92 Å². The predicted molar refractivity (Wildman–Crippen MR) is 84.9 cm³/mol. The molecule has 1 aromatic carbocycles. The van der Waals surface area contributed by atoms with Crippen LogP contribution in [0.1, 0.15) is 37.8 Å². The molecule has 0 aliphatic rings. The highest BCUT2D eigenvalue weighted by atomic mass is 32.1. The lowest BCUT2D eigenvalue weighted by Crippen LogP contribution is -2.39. The topological polar surface area (TPSA) is 12.0 Å². The molecule has 1 unspecified atom stereocenters. The third kappa shape index (κ3) is 4.73. The van der Waals surface area contributed by atoms with Gasteiger partial charge in [-0.25, -0.2) is 4.39 Å². The van der Waals surface area contributed by atoms with Crippen LogP contribution in [-0.2, 0) is 6.42 Å². The number of thiophene rings is 1. The Balaban J connectivity index is 2.12. The zero-order valence-electron chi connectivity index (χ0n) is 12.3. The lowest BCUT2D eigenvalue weighted by molar-refractivity contribution is 0.405. The zero-order valence-corrected chi connectivity index (χ0v) is 13.1. The van der Waals surface area contributed by atoms with E-state index < -0.39 is 0 Å². The maximum absolute atomic E-state index is 13.1. The quantitative estimate of drug-likeness (QED) is 0.849. The summed E-state index contributed by atoms with van der Waals surface area (Å²) in [5, 5.41) is 7.85. The number of hydrogen-bond acceptors (Lipinski definition) is 2. The number of benzene rings is 1. The molecule has 0 aliphatic heterocycles. The van der Waals surface area contributed by atoms with Crippen molar-refractivity contribution in [3.8, 4) is 0 Å². The van der Waals surface area contributed by atoms with Crippen molar-refractivity contribution in [3.63, 3.8) is 0 Å². The van der Waals surface area contributed by atoms with Gasteiger partial charge in [0, 0.05) is 18.0 Å². The maximum atomic E-state index is 13.1. The highest BCUT2D eigenvalue weighted by Crippen LogP contribution is 2.23. The van der Waals surface area contributed by atoms with Crippen LogP contribution in [0.25, 0.3) is 0 Å². The van der Waals surface area contributed by atoms with Gasteiger partial charge >= 0.3 is 0 Å². The molecule has 1 N–H and O–H groups in total. The van der Waals surface area contributed by atoms with Crippen molar-refractivity contribution in [1.29, 1.82) is 0 Å². The van der Waals surface area contributed by atoms with Crippen LogP contribution in [0.2, 0.25) is 0 Å². The lowest BCUT2D eigenvalue weighted by Gasteiger charge is -2.25. The second kappa shape index (κ2) is 6.51. The fourth-order valence-electron chi connectivity index (χ4n) is 2.17. The SMILES string of the molecule is CC(C)(C)NCC(Cc1ccsc1)c1ccc(F)cc1. The van der Waals surface area contributed by atoms with Crippen molar-refractivity contribution in [1.82, 2.24) is 5.32 Å². The Morgan fingerprint density at radius 1 is 1.15 bits per heavy atom.